The highest BCUT2D eigenvalue weighted by Crippen LogP contribution is 2.10. The predicted molar refractivity (Wildman–Crippen MR) is 60.0 cm³/mol. The second-order valence-electron chi connectivity index (χ2n) is 3.75. The van der Waals surface area contributed by atoms with Crippen molar-refractivity contribution in [3.05, 3.63) is 23.9 Å². The number of carbonyl (C=O) groups is 1. The van der Waals surface area contributed by atoms with E-state index in [0.29, 0.717) is 19.0 Å². The number of carbonyl (C=O) groups excluding carboxylic acids is 1. The highest BCUT2D eigenvalue weighted by atomic mass is 16.5. The summed E-state index contributed by atoms with van der Waals surface area (Å²) in [7, 11) is 0. The quantitative estimate of drug-likeness (QED) is 0.737. The second-order valence-corrected chi connectivity index (χ2v) is 3.75. The lowest BCUT2D eigenvalue weighted by Crippen LogP contribution is -2.43. The topological polar surface area (TPSA) is 77.2 Å². The third kappa shape index (κ3) is 2.56. The van der Waals surface area contributed by atoms with Gasteiger partial charge in [0.25, 0.3) is 0 Å². The lowest BCUT2D eigenvalue weighted by molar-refractivity contribution is -0.131. The Labute approximate surface area is 94.0 Å². The highest BCUT2D eigenvalue weighted by molar-refractivity contribution is 5.86. The first kappa shape index (κ1) is 11.0. The lowest BCUT2D eigenvalue weighted by Gasteiger charge is -2.22. The number of nitrogen functional groups attached to an aromatic ring is 1. The van der Waals surface area contributed by atoms with Crippen molar-refractivity contribution >= 4 is 11.6 Å². The molecule has 1 aromatic rings. The zero-order valence-corrected chi connectivity index (χ0v) is 8.98. The van der Waals surface area contributed by atoms with Crippen LogP contribution in [0.3, 0.4) is 0 Å². The van der Waals surface area contributed by atoms with Gasteiger partial charge in [0.2, 0.25) is 0 Å². The van der Waals surface area contributed by atoms with E-state index in [9.17, 15) is 4.79 Å². The van der Waals surface area contributed by atoms with Gasteiger partial charge in [0.15, 0.2) is 5.78 Å². The molecule has 0 spiro atoms. The molecule has 3 N–H and O–H groups in total. The van der Waals surface area contributed by atoms with Crippen LogP contribution in [0.25, 0.3) is 0 Å². The molecule has 2 rings (SSSR count). The van der Waals surface area contributed by atoms with Gasteiger partial charge in [0, 0.05) is 31.3 Å². The van der Waals surface area contributed by atoms with Crippen molar-refractivity contribution in [3.8, 4) is 0 Å². The number of hydrogen-bond donors (Lipinski definition) is 2. The molecule has 0 aliphatic carbocycles. The molecule has 0 bridgehead atoms. The number of nitrogens with zero attached hydrogens (tertiary/aromatic N) is 1. The molecule has 1 aliphatic rings. The van der Waals surface area contributed by atoms with Gasteiger partial charge >= 0.3 is 0 Å². The monoisotopic (exact) mass is 221 g/mol. The van der Waals surface area contributed by atoms with Crippen LogP contribution >= 0.6 is 0 Å². The molecule has 1 fully saturated rings. The first-order valence-corrected chi connectivity index (χ1v) is 5.32. The molecule has 86 valence electrons. The van der Waals surface area contributed by atoms with E-state index in [-0.39, 0.29) is 18.3 Å². The number of ether oxygens (including phenoxy) is 1. The van der Waals surface area contributed by atoms with Crippen LogP contribution in [0.5, 0.6) is 0 Å². The van der Waals surface area contributed by atoms with Crippen molar-refractivity contribution in [2.75, 3.05) is 25.4 Å². The SMILES string of the molecule is Nc1ncccc1CC(=O)C1CNCCO1. The third-order valence-electron chi connectivity index (χ3n) is 2.58. The molecule has 0 aromatic carbocycles. The standard InChI is InChI=1S/C11H15N3O2/c12-11-8(2-1-3-14-11)6-9(15)10-7-13-4-5-16-10/h1-3,10,13H,4-7H2,(H2,12,14). The summed E-state index contributed by atoms with van der Waals surface area (Å²) in [6.45, 7) is 1.97. The summed E-state index contributed by atoms with van der Waals surface area (Å²) in [6.07, 6.45) is 1.54. The van der Waals surface area contributed by atoms with E-state index in [4.69, 9.17) is 10.5 Å². The van der Waals surface area contributed by atoms with E-state index >= 15 is 0 Å². The first-order chi connectivity index (χ1) is 7.77. The van der Waals surface area contributed by atoms with Crippen molar-refractivity contribution in [2.45, 2.75) is 12.5 Å². The fraction of sp³-hybridized carbons (Fsp3) is 0.455. The van der Waals surface area contributed by atoms with Gasteiger partial charge in [0.05, 0.1) is 6.61 Å². The smallest absolute Gasteiger partial charge is 0.167 e. The van der Waals surface area contributed by atoms with Crippen molar-refractivity contribution < 1.29 is 9.53 Å². The minimum Gasteiger partial charge on any atom is -0.383 e. The number of hydrogen-bond acceptors (Lipinski definition) is 5. The van der Waals surface area contributed by atoms with Crippen LogP contribution < -0.4 is 11.1 Å². The molecular formula is C11H15N3O2. The van der Waals surface area contributed by atoms with Crippen molar-refractivity contribution in [1.82, 2.24) is 10.3 Å². The summed E-state index contributed by atoms with van der Waals surface area (Å²) in [5.74, 6) is 0.464. The van der Waals surface area contributed by atoms with Crippen molar-refractivity contribution in [2.24, 2.45) is 0 Å². The average molecular weight is 221 g/mol. The molecule has 0 radical (unpaired) electrons. The lowest BCUT2D eigenvalue weighted by atomic mass is 10.1. The molecule has 1 aromatic heterocycles. The Bertz CT molecular complexity index is 375. The molecule has 1 atom stereocenters. The minimum absolute atomic E-state index is 0.0481. The van der Waals surface area contributed by atoms with Gasteiger partial charge in [-0.05, 0) is 6.07 Å². The minimum atomic E-state index is -0.353. The van der Waals surface area contributed by atoms with Crippen LogP contribution in [0, 0.1) is 0 Å². The normalized spacial score (nSPS) is 20.6. The Hall–Kier alpha value is -1.46. The number of nitrogens with one attached hydrogen (secondary N) is 1. The highest BCUT2D eigenvalue weighted by Gasteiger charge is 2.22. The summed E-state index contributed by atoms with van der Waals surface area (Å²) in [5, 5.41) is 3.12. The van der Waals surface area contributed by atoms with Gasteiger partial charge in [0.1, 0.15) is 11.9 Å². The maximum absolute atomic E-state index is 11.9. The Balaban J connectivity index is 1.99. The van der Waals surface area contributed by atoms with Gasteiger partial charge < -0.3 is 15.8 Å². The van der Waals surface area contributed by atoms with Crippen LogP contribution in [-0.4, -0.2) is 36.6 Å². The summed E-state index contributed by atoms with van der Waals surface area (Å²) in [6, 6.07) is 3.59. The van der Waals surface area contributed by atoms with Crippen molar-refractivity contribution in [1.29, 1.82) is 0 Å². The van der Waals surface area contributed by atoms with Gasteiger partial charge in [-0.25, -0.2) is 4.98 Å². The average Bonchev–Trinajstić information content (AvgIpc) is 2.33. The largest absolute Gasteiger partial charge is 0.383 e. The van der Waals surface area contributed by atoms with Gasteiger partial charge in [-0.3, -0.25) is 4.79 Å². The number of Topliss-reactive ketones (excluding diaryl/α,β-unsaturated/α-hetero) is 1. The Kier molecular flexibility index (Phi) is 3.48. The van der Waals surface area contributed by atoms with Crippen molar-refractivity contribution in [3.63, 3.8) is 0 Å². The van der Waals surface area contributed by atoms with Crippen LogP contribution in [-0.2, 0) is 16.0 Å². The Morgan fingerprint density at radius 2 is 2.56 bits per heavy atom. The molecule has 1 unspecified atom stereocenters. The summed E-state index contributed by atoms with van der Waals surface area (Å²) >= 11 is 0. The number of nitrogens with two attached hydrogens (primary N) is 1. The first-order valence-electron chi connectivity index (χ1n) is 5.32. The fourth-order valence-electron chi connectivity index (χ4n) is 1.67. The zero-order valence-electron chi connectivity index (χ0n) is 8.98. The Morgan fingerprint density at radius 1 is 1.69 bits per heavy atom. The van der Waals surface area contributed by atoms with Crippen LogP contribution in [0.1, 0.15) is 5.56 Å². The summed E-state index contributed by atoms with van der Waals surface area (Å²) < 4.78 is 5.38. The van der Waals surface area contributed by atoms with Crippen LogP contribution in [0.15, 0.2) is 18.3 Å². The van der Waals surface area contributed by atoms with E-state index in [1.807, 2.05) is 6.07 Å². The second kappa shape index (κ2) is 5.05. The van der Waals surface area contributed by atoms with Gasteiger partial charge in [-0.1, -0.05) is 6.07 Å². The van der Waals surface area contributed by atoms with Crippen LogP contribution in [0.4, 0.5) is 5.82 Å². The van der Waals surface area contributed by atoms with Gasteiger partial charge in [-0.15, -0.1) is 0 Å². The zero-order chi connectivity index (χ0) is 11.4. The summed E-state index contributed by atoms with van der Waals surface area (Å²) in [5.41, 5.74) is 6.44. The van der Waals surface area contributed by atoms with Gasteiger partial charge in [-0.2, -0.15) is 0 Å². The number of pyridine rings is 1. The van der Waals surface area contributed by atoms with E-state index in [2.05, 4.69) is 10.3 Å². The molecule has 5 nitrogen and oxygen atoms in total. The van der Waals surface area contributed by atoms with E-state index < -0.39 is 0 Å². The molecule has 1 saturated heterocycles. The molecule has 5 heteroatoms. The fourth-order valence-corrected chi connectivity index (χ4v) is 1.67. The molecule has 0 amide bonds. The maximum Gasteiger partial charge on any atom is 0.167 e. The molecule has 0 saturated carbocycles. The van der Waals surface area contributed by atoms with E-state index in [1.165, 1.54) is 0 Å². The maximum atomic E-state index is 11.9. The van der Waals surface area contributed by atoms with E-state index in [1.54, 1.807) is 12.3 Å². The summed E-state index contributed by atoms with van der Waals surface area (Å²) in [4.78, 5) is 15.8. The number of ketones is 1. The third-order valence-corrected chi connectivity index (χ3v) is 2.58. The molecular weight excluding hydrogens is 206 g/mol. The predicted octanol–water partition coefficient (Wildman–Crippen LogP) is -0.236. The van der Waals surface area contributed by atoms with E-state index in [0.717, 1.165) is 12.1 Å². The number of rotatable bonds is 3. The number of morpholine rings is 1. The molecule has 1 aliphatic heterocycles. The number of aromatic nitrogens is 1. The molecule has 2 heterocycles. The Morgan fingerprint density at radius 3 is 3.25 bits per heavy atom. The number of anilines is 1. The van der Waals surface area contributed by atoms with Crippen LogP contribution in [0.2, 0.25) is 0 Å². The molecule has 16 heavy (non-hydrogen) atoms.